The molecule has 24 heavy (non-hydrogen) atoms. The first kappa shape index (κ1) is 20.2. The van der Waals surface area contributed by atoms with Gasteiger partial charge in [-0.05, 0) is 18.8 Å². The van der Waals surface area contributed by atoms with Crippen LogP contribution < -0.4 is 11.1 Å². The lowest BCUT2D eigenvalue weighted by Crippen LogP contribution is -2.38. The van der Waals surface area contributed by atoms with Gasteiger partial charge in [-0.1, -0.05) is 40.0 Å². The minimum atomic E-state index is -1.08. The van der Waals surface area contributed by atoms with Crippen molar-refractivity contribution in [2.45, 2.75) is 71.4 Å². The molecule has 0 saturated carbocycles. The maximum atomic E-state index is 12.4. The molecule has 0 saturated heterocycles. The van der Waals surface area contributed by atoms with Crippen LogP contribution in [-0.2, 0) is 11.2 Å². The van der Waals surface area contributed by atoms with Crippen molar-refractivity contribution in [2.24, 2.45) is 11.7 Å². The molecule has 0 unspecified atom stereocenters. The van der Waals surface area contributed by atoms with Gasteiger partial charge in [-0.25, -0.2) is 9.78 Å². The summed E-state index contributed by atoms with van der Waals surface area (Å²) in [7, 11) is 0. The third-order valence-corrected chi connectivity index (χ3v) is 3.86. The van der Waals surface area contributed by atoms with Gasteiger partial charge in [0, 0.05) is 18.7 Å². The molecule has 0 aliphatic rings. The quantitative estimate of drug-likeness (QED) is 0.567. The number of aliphatic carboxylic acids is 1. The molecule has 4 N–H and O–H groups in total. The summed E-state index contributed by atoms with van der Waals surface area (Å²) in [5.41, 5.74) is 5.98. The Balaban J connectivity index is 2.63. The zero-order valence-electron chi connectivity index (χ0n) is 14.9. The van der Waals surface area contributed by atoms with Crippen LogP contribution in [0.1, 0.15) is 58.6 Å². The van der Waals surface area contributed by atoms with Crippen LogP contribution in [0.5, 0.6) is 0 Å². The van der Waals surface area contributed by atoms with Crippen LogP contribution >= 0.6 is 0 Å². The molecule has 0 aliphatic heterocycles. The smallest absolute Gasteiger partial charge is 0.327 e. The number of unbranched alkanes of at least 4 members (excludes halogenated alkanes) is 2. The van der Waals surface area contributed by atoms with E-state index in [0.29, 0.717) is 11.6 Å². The zero-order chi connectivity index (χ0) is 18.1. The summed E-state index contributed by atoms with van der Waals surface area (Å²) < 4.78 is 1.36. The Morgan fingerprint density at radius 1 is 1.38 bits per heavy atom. The molecule has 0 fully saturated rings. The van der Waals surface area contributed by atoms with Crippen LogP contribution in [0.15, 0.2) is 12.5 Å². The summed E-state index contributed by atoms with van der Waals surface area (Å²) in [4.78, 5) is 27.2. The Morgan fingerprint density at radius 2 is 2.08 bits per heavy atom. The molecule has 1 heterocycles. The number of imidazole rings is 1. The molecule has 136 valence electrons. The summed E-state index contributed by atoms with van der Waals surface area (Å²) in [5.74, 6) is -0.578. The molecule has 1 rings (SSSR count). The normalized spacial score (nSPS) is 13.7. The Kier molecular flexibility index (Phi) is 8.46. The molecule has 1 aromatic heterocycles. The van der Waals surface area contributed by atoms with Gasteiger partial charge in [0.15, 0.2) is 0 Å². The lowest BCUT2D eigenvalue weighted by atomic mass is 9.99. The lowest BCUT2D eigenvalue weighted by molar-refractivity contribution is -0.138. The Morgan fingerprint density at radius 3 is 2.67 bits per heavy atom. The summed E-state index contributed by atoms with van der Waals surface area (Å²) in [6.45, 7) is 6.44. The van der Waals surface area contributed by atoms with E-state index in [1.54, 1.807) is 0 Å². The molecular formula is C17H30N4O3. The van der Waals surface area contributed by atoms with Gasteiger partial charge in [-0.15, -0.1) is 0 Å². The van der Waals surface area contributed by atoms with Crippen LogP contribution in [-0.4, -0.2) is 38.7 Å². The van der Waals surface area contributed by atoms with Crippen molar-refractivity contribution in [1.29, 1.82) is 0 Å². The number of amides is 1. The minimum Gasteiger partial charge on any atom is -0.480 e. The summed E-state index contributed by atoms with van der Waals surface area (Å²) in [5, 5.41) is 11.9. The van der Waals surface area contributed by atoms with E-state index in [2.05, 4.69) is 31.1 Å². The number of aromatic nitrogens is 2. The molecule has 0 aliphatic carbocycles. The number of carbonyl (C=O) groups is 2. The maximum absolute atomic E-state index is 12.4. The molecule has 1 aromatic rings. The van der Waals surface area contributed by atoms with E-state index in [0.717, 1.165) is 32.1 Å². The van der Waals surface area contributed by atoms with Gasteiger partial charge in [-0.3, -0.25) is 9.36 Å². The third kappa shape index (κ3) is 7.12. The fourth-order valence-electron chi connectivity index (χ4n) is 2.60. The average molecular weight is 338 g/mol. The molecule has 7 nitrogen and oxygen atoms in total. The van der Waals surface area contributed by atoms with Gasteiger partial charge in [0.25, 0.3) is 0 Å². The SMILES string of the molecule is CCCCC[C@H](CC(C)C)NC(=O)n1cnc(C[C@H](N)C(=O)O)c1. The monoisotopic (exact) mass is 338 g/mol. The van der Waals surface area contributed by atoms with Gasteiger partial charge in [0.1, 0.15) is 12.4 Å². The van der Waals surface area contributed by atoms with Crippen molar-refractivity contribution in [3.8, 4) is 0 Å². The van der Waals surface area contributed by atoms with E-state index in [4.69, 9.17) is 10.8 Å². The number of nitrogens with two attached hydrogens (primary N) is 1. The standard InChI is InChI=1S/C17H30N4O3/c1-4-5-6-7-13(8-12(2)3)20-17(24)21-10-14(19-11-21)9-15(18)16(22)23/h10-13,15H,4-9,18H2,1-3H3,(H,20,24)(H,22,23)/t13-,15+/m1/s1. The highest BCUT2D eigenvalue weighted by Crippen LogP contribution is 2.12. The first-order chi connectivity index (χ1) is 11.3. The second-order valence-electron chi connectivity index (χ2n) is 6.69. The number of nitrogens with zero attached hydrogens (tertiary/aromatic N) is 2. The van der Waals surface area contributed by atoms with E-state index >= 15 is 0 Å². The highest BCUT2D eigenvalue weighted by molar-refractivity contribution is 5.77. The molecular weight excluding hydrogens is 308 g/mol. The van der Waals surface area contributed by atoms with E-state index < -0.39 is 12.0 Å². The fourth-order valence-corrected chi connectivity index (χ4v) is 2.60. The van der Waals surface area contributed by atoms with E-state index in [9.17, 15) is 9.59 Å². The molecule has 7 heteroatoms. The van der Waals surface area contributed by atoms with Crippen molar-refractivity contribution in [1.82, 2.24) is 14.9 Å². The summed E-state index contributed by atoms with van der Waals surface area (Å²) in [6, 6.07) is -1.12. The average Bonchev–Trinajstić information content (AvgIpc) is 2.95. The molecule has 0 bridgehead atoms. The van der Waals surface area contributed by atoms with Crippen LogP contribution in [0.25, 0.3) is 0 Å². The van der Waals surface area contributed by atoms with Crippen molar-refractivity contribution >= 4 is 12.0 Å². The molecule has 0 spiro atoms. The highest BCUT2D eigenvalue weighted by Gasteiger charge is 2.17. The van der Waals surface area contributed by atoms with E-state index in [1.807, 2.05) is 0 Å². The Hall–Kier alpha value is -1.89. The van der Waals surface area contributed by atoms with Gasteiger partial charge >= 0.3 is 12.0 Å². The van der Waals surface area contributed by atoms with Crippen LogP contribution in [0.3, 0.4) is 0 Å². The number of rotatable bonds is 10. The predicted molar refractivity (Wildman–Crippen MR) is 92.9 cm³/mol. The molecule has 0 radical (unpaired) electrons. The molecule has 2 atom stereocenters. The second-order valence-corrected chi connectivity index (χ2v) is 6.69. The summed E-state index contributed by atoms with van der Waals surface area (Å²) in [6.07, 6.45) is 8.33. The van der Waals surface area contributed by atoms with E-state index in [-0.39, 0.29) is 18.5 Å². The largest absolute Gasteiger partial charge is 0.480 e. The van der Waals surface area contributed by atoms with Crippen LogP contribution in [0.4, 0.5) is 4.79 Å². The highest BCUT2D eigenvalue weighted by atomic mass is 16.4. The second kappa shape index (κ2) is 10.1. The van der Waals surface area contributed by atoms with Crippen molar-refractivity contribution in [3.05, 3.63) is 18.2 Å². The van der Waals surface area contributed by atoms with Gasteiger partial charge in [0.2, 0.25) is 0 Å². The minimum absolute atomic E-state index is 0.0987. The predicted octanol–water partition coefficient (Wildman–Crippen LogP) is 2.39. The molecule has 0 aromatic carbocycles. The number of nitrogens with one attached hydrogen (secondary N) is 1. The first-order valence-electron chi connectivity index (χ1n) is 8.65. The molecule has 1 amide bonds. The zero-order valence-corrected chi connectivity index (χ0v) is 14.9. The van der Waals surface area contributed by atoms with Crippen LogP contribution in [0, 0.1) is 5.92 Å². The van der Waals surface area contributed by atoms with Gasteiger partial charge in [-0.2, -0.15) is 0 Å². The van der Waals surface area contributed by atoms with Crippen LogP contribution in [0.2, 0.25) is 0 Å². The number of carbonyl (C=O) groups excluding carboxylic acids is 1. The number of carboxylic acid groups (broad SMARTS) is 1. The van der Waals surface area contributed by atoms with Gasteiger partial charge in [0.05, 0.1) is 5.69 Å². The van der Waals surface area contributed by atoms with Crippen molar-refractivity contribution < 1.29 is 14.7 Å². The third-order valence-electron chi connectivity index (χ3n) is 3.86. The number of hydrogen-bond donors (Lipinski definition) is 3. The van der Waals surface area contributed by atoms with Gasteiger partial charge < -0.3 is 16.2 Å². The van der Waals surface area contributed by atoms with Crippen molar-refractivity contribution in [2.75, 3.05) is 0 Å². The maximum Gasteiger partial charge on any atom is 0.327 e. The van der Waals surface area contributed by atoms with Crippen molar-refractivity contribution in [3.63, 3.8) is 0 Å². The summed E-state index contributed by atoms with van der Waals surface area (Å²) >= 11 is 0. The van der Waals surface area contributed by atoms with E-state index in [1.165, 1.54) is 17.1 Å². The Bertz CT molecular complexity index is 528. The first-order valence-corrected chi connectivity index (χ1v) is 8.65. The lowest BCUT2D eigenvalue weighted by Gasteiger charge is -2.20. The topological polar surface area (TPSA) is 110 Å². The number of carboxylic acids is 1. The number of hydrogen-bond acceptors (Lipinski definition) is 4. The Labute approximate surface area is 143 Å². The fraction of sp³-hybridized carbons (Fsp3) is 0.706.